The molecule has 2 aromatic rings. The van der Waals surface area contributed by atoms with Crippen molar-refractivity contribution in [3.63, 3.8) is 0 Å². The number of rotatable bonds is 4. The summed E-state index contributed by atoms with van der Waals surface area (Å²) in [5.41, 5.74) is 1.63. The molecule has 3 rings (SSSR count). The Balaban J connectivity index is 2.02. The van der Waals surface area contributed by atoms with Crippen molar-refractivity contribution in [2.24, 2.45) is 5.41 Å². The predicted molar refractivity (Wildman–Crippen MR) is 80.4 cm³/mol. The molecule has 0 unspecified atom stereocenters. The van der Waals surface area contributed by atoms with Crippen LogP contribution in [0.25, 0.3) is 10.9 Å². The molecule has 3 nitrogen and oxygen atoms in total. The van der Waals surface area contributed by atoms with E-state index in [2.05, 4.69) is 11.9 Å². The zero-order valence-electron chi connectivity index (χ0n) is 12.2. The fourth-order valence-electron chi connectivity index (χ4n) is 3.25. The minimum absolute atomic E-state index is 0.184. The molecule has 1 aliphatic rings. The highest BCUT2D eigenvalue weighted by Crippen LogP contribution is 2.41. The molecule has 1 fully saturated rings. The summed E-state index contributed by atoms with van der Waals surface area (Å²) in [4.78, 5) is 16.1. The van der Waals surface area contributed by atoms with Crippen LogP contribution >= 0.6 is 0 Å². The average Bonchev–Trinajstić information content (AvgIpc) is 3.05. The first-order valence-corrected chi connectivity index (χ1v) is 7.43. The number of benzene rings is 1. The van der Waals surface area contributed by atoms with E-state index in [4.69, 9.17) is 4.74 Å². The molecule has 106 valence electrons. The van der Waals surface area contributed by atoms with Crippen molar-refractivity contribution < 1.29 is 9.53 Å². The number of aromatic amines is 1. The van der Waals surface area contributed by atoms with Gasteiger partial charge in [-0.3, -0.25) is 4.79 Å². The predicted octanol–water partition coefficient (Wildman–Crippen LogP) is 4.33. The van der Waals surface area contributed by atoms with E-state index in [1.54, 1.807) is 0 Å². The number of aromatic nitrogens is 1. The highest BCUT2D eigenvalue weighted by Gasteiger charge is 2.37. The molecule has 20 heavy (non-hydrogen) atoms. The minimum Gasteiger partial charge on any atom is -0.494 e. The van der Waals surface area contributed by atoms with Crippen molar-refractivity contribution in [3.05, 3.63) is 30.0 Å². The minimum atomic E-state index is -0.184. The quantitative estimate of drug-likeness (QED) is 0.841. The maximum atomic E-state index is 12.9. The summed E-state index contributed by atoms with van der Waals surface area (Å²) in [6.45, 7) is 4.71. The van der Waals surface area contributed by atoms with Crippen molar-refractivity contribution in [1.29, 1.82) is 0 Å². The molecule has 0 radical (unpaired) electrons. The van der Waals surface area contributed by atoms with Gasteiger partial charge in [0.1, 0.15) is 5.75 Å². The Morgan fingerprint density at radius 1 is 1.35 bits per heavy atom. The van der Waals surface area contributed by atoms with Gasteiger partial charge in [0.2, 0.25) is 0 Å². The van der Waals surface area contributed by atoms with E-state index in [0.717, 1.165) is 47.9 Å². The molecule has 0 amide bonds. The number of hydrogen-bond donors (Lipinski definition) is 1. The topological polar surface area (TPSA) is 42.1 Å². The molecular formula is C17H21NO2. The van der Waals surface area contributed by atoms with E-state index in [1.165, 1.54) is 0 Å². The van der Waals surface area contributed by atoms with Gasteiger partial charge in [-0.15, -0.1) is 0 Å². The van der Waals surface area contributed by atoms with Crippen LogP contribution in [0.5, 0.6) is 5.75 Å². The van der Waals surface area contributed by atoms with Crippen LogP contribution in [0.15, 0.2) is 24.4 Å². The lowest BCUT2D eigenvalue weighted by Crippen LogP contribution is -2.24. The Kier molecular flexibility index (Phi) is 3.28. The number of fused-ring (bicyclic) bond motifs is 1. The number of carbonyl (C=O) groups is 1. The maximum absolute atomic E-state index is 12.9. The van der Waals surface area contributed by atoms with Gasteiger partial charge in [-0.05, 0) is 38.0 Å². The Morgan fingerprint density at radius 3 is 2.80 bits per heavy atom. The molecule has 1 aliphatic carbocycles. The van der Waals surface area contributed by atoms with Crippen LogP contribution in [0.3, 0.4) is 0 Å². The monoisotopic (exact) mass is 271 g/mol. The molecule has 0 aliphatic heterocycles. The summed E-state index contributed by atoms with van der Waals surface area (Å²) in [6.07, 6.45) is 6.18. The number of hydrogen-bond acceptors (Lipinski definition) is 2. The van der Waals surface area contributed by atoms with Gasteiger partial charge in [0.05, 0.1) is 6.61 Å². The summed E-state index contributed by atoms with van der Waals surface area (Å²) < 4.78 is 5.54. The van der Waals surface area contributed by atoms with E-state index in [1.807, 2.05) is 31.3 Å². The Hall–Kier alpha value is -1.77. The molecule has 0 spiro atoms. The SMILES string of the molecule is CCOc1ccc2[nH]cc(C(=O)C3(C)CCCC3)c2c1. The molecule has 0 atom stereocenters. The first kappa shape index (κ1) is 13.2. The van der Waals surface area contributed by atoms with Gasteiger partial charge in [0.15, 0.2) is 5.78 Å². The summed E-state index contributed by atoms with van der Waals surface area (Å²) in [6, 6.07) is 5.89. The van der Waals surface area contributed by atoms with Gasteiger partial charge in [-0.1, -0.05) is 19.8 Å². The normalized spacial score (nSPS) is 17.5. The van der Waals surface area contributed by atoms with Crippen molar-refractivity contribution in [2.75, 3.05) is 6.61 Å². The van der Waals surface area contributed by atoms with Crippen molar-refractivity contribution >= 4 is 16.7 Å². The van der Waals surface area contributed by atoms with Gasteiger partial charge in [-0.2, -0.15) is 0 Å². The van der Waals surface area contributed by atoms with Gasteiger partial charge in [-0.25, -0.2) is 0 Å². The fraction of sp³-hybridized carbons (Fsp3) is 0.471. The molecule has 1 saturated carbocycles. The zero-order chi connectivity index (χ0) is 14.2. The molecule has 0 bridgehead atoms. The smallest absolute Gasteiger partial charge is 0.170 e. The third kappa shape index (κ3) is 2.11. The molecular weight excluding hydrogens is 250 g/mol. The number of Topliss-reactive ketones (excluding diaryl/α,β-unsaturated/α-hetero) is 1. The van der Waals surface area contributed by atoms with Crippen LogP contribution in [0, 0.1) is 5.41 Å². The van der Waals surface area contributed by atoms with Crippen LogP contribution in [-0.4, -0.2) is 17.4 Å². The van der Waals surface area contributed by atoms with E-state index in [9.17, 15) is 4.79 Å². The van der Waals surface area contributed by atoms with Crippen LogP contribution < -0.4 is 4.74 Å². The highest BCUT2D eigenvalue weighted by atomic mass is 16.5. The van der Waals surface area contributed by atoms with E-state index in [-0.39, 0.29) is 11.2 Å². The van der Waals surface area contributed by atoms with Crippen LogP contribution in [0.1, 0.15) is 49.9 Å². The number of H-pyrrole nitrogens is 1. The lowest BCUT2D eigenvalue weighted by atomic mass is 9.81. The first-order chi connectivity index (χ1) is 9.64. The summed E-state index contributed by atoms with van der Waals surface area (Å²) in [7, 11) is 0. The van der Waals surface area contributed by atoms with E-state index in [0.29, 0.717) is 6.61 Å². The zero-order valence-corrected chi connectivity index (χ0v) is 12.2. The van der Waals surface area contributed by atoms with Crippen molar-refractivity contribution in [2.45, 2.75) is 39.5 Å². The Morgan fingerprint density at radius 2 is 2.10 bits per heavy atom. The maximum Gasteiger partial charge on any atom is 0.170 e. The van der Waals surface area contributed by atoms with Gasteiger partial charge in [0, 0.05) is 28.1 Å². The van der Waals surface area contributed by atoms with Gasteiger partial charge in [0.25, 0.3) is 0 Å². The second-order valence-corrected chi connectivity index (χ2v) is 5.94. The van der Waals surface area contributed by atoms with Crippen molar-refractivity contribution in [3.8, 4) is 5.75 Å². The molecule has 0 saturated heterocycles. The van der Waals surface area contributed by atoms with E-state index >= 15 is 0 Å². The summed E-state index contributed by atoms with van der Waals surface area (Å²) in [5.74, 6) is 1.10. The number of carbonyl (C=O) groups excluding carboxylic acids is 1. The second kappa shape index (κ2) is 4.97. The molecule has 1 N–H and O–H groups in total. The third-order valence-corrected chi connectivity index (χ3v) is 4.46. The standard InChI is InChI=1S/C17H21NO2/c1-3-20-12-6-7-15-13(10-12)14(11-18-15)16(19)17(2)8-4-5-9-17/h6-7,10-11,18H,3-5,8-9H2,1-2H3. The molecule has 1 aromatic heterocycles. The van der Waals surface area contributed by atoms with E-state index < -0.39 is 0 Å². The highest BCUT2D eigenvalue weighted by molar-refractivity contribution is 6.10. The average molecular weight is 271 g/mol. The van der Waals surface area contributed by atoms with Crippen LogP contribution in [0.4, 0.5) is 0 Å². The Bertz CT molecular complexity index is 635. The largest absolute Gasteiger partial charge is 0.494 e. The number of ether oxygens (including phenoxy) is 1. The molecule has 3 heteroatoms. The lowest BCUT2D eigenvalue weighted by molar-refractivity contribution is 0.0825. The third-order valence-electron chi connectivity index (χ3n) is 4.46. The first-order valence-electron chi connectivity index (χ1n) is 7.43. The second-order valence-electron chi connectivity index (χ2n) is 5.94. The van der Waals surface area contributed by atoms with Gasteiger partial charge >= 0.3 is 0 Å². The van der Waals surface area contributed by atoms with Crippen molar-refractivity contribution in [1.82, 2.24) is 4.98 Å². The Labute approximate surface area is 119 Å². The summed E-state index contributed by atoms with van der Waals surface area (Å²) in [5, 5.41) is 0.981. The lowest BCUT2D eigenvalue weighted by Gasteiger charge is -2.21. The van der Waals surface area contributed by atoms with Gasteiger partial charge < -0.3 is 9.72 Å². The molecule has 1 aromatic carbocycles. The number of nitrogens with one attached hydrogen (secondary N) is 1. The summed E-state index contributed by atoms with van der Waals surface area (Å²) >= 11 is 0. The van der Waals surface area contributed by atoms with Crippen LogP contribution in [0.2, 0.25) is 0 Å². The fourth-order valence-corrected chi connectivity index (χ4v) is 3.25. The molecule has 1 heterocycles. The number of ketones is 1. The van der Waals surface area contributed by atoms with Crippen LogP contribution in [-0.2, 0) is 0 Å².